The number of nitrogens with zero attached hydrogens (tertiary/aromatic N) is 4. The maximum Gasteiger partial charge on any atom is 0.316 e. The number of aromatic nitrogens is 4. The van der Waals surface area contributed by atoms with Gasteiger partial charge in [-0.1, -0.05) is 55.9 Å². The minimum Gasteiger partial charge on any atom is -0.462 e. The Hall–Kier alpha value is -3.13. The highest BCUT2D eigenvalue weighted by Gasteiger charge is 2.20. The summed E-state index contributed by atoms with van der Waals surface area (Å²) in [5, 5.41) is 9.74. The Bertz CT molecular complexity index is 1320. The molecular formula is C23H24N4O3S. The molecule has 2 aromatic heterocycles. The summed E-state index contributed by atoms with van der Waals surface area (Å²) in [5.74, 6) is 0.419. The number of rotatable bonds is 6. The van der Waals surface area contributed by atoms with Crippen molar-refractivity contribution in [2.45, 2.75) is 44.9 Å². The van der Waals surface area contributed by atoms with Gasteiger partial charge in [0.1, 0.15) is 0 Å². The molecule has 31 heavy (non-hydrogen) atoms. The number of carbonyl (C=O) groups excluding carboxylic acids is 1. The van der Waals surface area contributed by atoms with Crippen LogP contribution in [0.4, 0.5) is 0 Å². The van der Waals surface area contributed by atoms with Crippen molar-refractivity contribution in [3.05, 3.63) is 64.4 Å². The second-order valence-electron chi connectivity index (χ2n) is 7.82. The third-order valence-electron chi connectivity index (χ3n) is 4.88. The van der Waals surface area contributed by atoms with Crippen molar-refractivity contribution in [1.29, 1.82) is 0 Å². The fourth-order valence-electron chi connectivity index (χ4n) is 3.59. The summed E-state index contributed by atoms with van der Waals surface area (Å²) in [6.45, 7) is 7.81. The molecule has 0 aliphatic rings. The summed E-state index contributed by atoms with van der Waals surface area (Å²) >= 11 is 1.24. The standard InChI is InChI=1S/C23H24N4O3S/c1-14(2)16-9-5-7-11-18(16)26-21(29)17-10-6-8-12-19(17)27-22(26)24-25-23(27)31-13-20(28)30-15(3)4/h5-12,14-15H,13H2,1-4H3. The van der Waals surface area contributed by atoms with Crippen LogP contribution in [0.5, 0.6) is 0 Å². The first-order valence-corrected chi connectivity index (χ1v) is 11.2. The smallest absolute Gasteiger partial charge is 0.316 e. The van der Waals surface area contributed by atoms with Crippen molar-refractivity contribution in [2.24, 2.45) is 0 Å². The van der Waals surface area contributed by atoms with E-state index in [-0.39, 0.29) is 29.3 Å². The summed E-state index contributed by atoms with van der Waals surface area (Å²) in [5.41, 5.74) is 2.37. The van der Waals surface area contributed by atoms with Crippen LogP contribution in [0.3, 0.4) is 0 Å². The van der Waals surface area contributed by atoms with E-state index < -0.39 is 0 Å². The molecule has 0 N–H and O–H groups in total. The third-order valence-corrected chi connectivity index (χ3v) is 5.78. The van der Waals surface area contributed by atoms with Crippen LogP contribution in [0.25, 0.3) is 22.4 Å². The molecule has 2 heterocycles. The summed E-state index contributed by atoms with van der Waals surface area (Å²) in [6.07, 6.45) is -0.179. The molecule has 0 saturated carbocycles. The Balaban J connectivity index is 1.95. The number of hydrogen-bond donors (Lipinski definition) is 0. The van der Waals surface area contributed by atoms with Gasteiger partial charge in [0.15, 0.2) is 5.16 Å². The molecule has 0 atom stereocenters. The molecule has 0 aliphatic carbocycles. The first kappa shape index (κ1) is 21.1. The lowest BCUT2D eigenvalue weighted by molar-refractivity contribution is -0.144. The monoisotopic (exact) mass is 436 g/mol. The van der Waals surface area contributed by atoms with Gasteiger partial charge < -0.3 is 4.74 Å². The maximum atomic E-state index is 13.5. The van der Waals surface area contributed by atoms with Gasteiger partial charge in [-0.15, -0.1) is 10.2 Å². The Kier molecular flexibility index (Phi) is 5.82. The van der Waals surface area contributed by atoms with Crippen molar-refractivity contribution in [3.63, 3.8) is 0 Å². The van der Waals surface area contributed by atoms with Crippen LogP contribution in [0.1, 0.15) is 39.2 Å². The van der Waals surface area contributed by atoms with Crippen LogP contribution in [0.2, 0.25) is 0 Å². The number of hydrogen-bond acceptors (Lipinski definition) is 6. The molecule has 0 radical (unpaired) electrons. The van der Waals surface area contributed by atoms with Gasteiger partial charge in [0.05, 0.1) is 28.4 Å². The molecule has 160 valence electrons. The van der Waals surface area contributed by atoms with E-state index in [0.29, 0.717) is 21.8 Å². The van der Waals surface area contributed by atoms with E-state index in [9.17, 15) is 9.59 Å². The second-order valence-corrected chi connectivity index (χ2v) is 8.76. The SMILES string of the molecule is CC(C)OC(=O)CSc1nnc2n(-c3ccccc3C(C)C)c(=O)c3ccccc3n12. The number of benzene rings is 2. The highest BCUT2D eigenvalue weighted by Crippen LogP contribution is 2.27. The fourth-order valence-corrected chi connectivity index (χ4v) is 4.31. The fraction of sp³-hybridized carbons (Fsp3) is 0.304. The molecular weight excluding hydrogens is 412 g/mol. The van der Waals surface area contributed by atoms with Crippen LogP contribution < -0.4 is 5.56 Å². The summed E-state index contributed by atoms with van der Waals surface area (Å²) in [6, 6.07) is 15.2. The molecule has 4 rings (SSSR count). The molecule has 0 spiro atoms. The number of para-hydroxylation sites is 2. The van der Waals surface area contributed by atoms with Crippen molar-refractivity contribution >= 4 is 34.4 Å². The van der Waals surface area contributed by atoms with Crippen molar-refractivity contribution in [3.8, 4) is 5.69 Å². The molecule has 0 unspecified atom stereocenters. The Morgan fingerprint density at radius 3 is 2.48 bits per heavy atom. The van der Waals surface area contributed by atoms with E-state index in [4.69, 9.17) is 4.74 Å². The first-order valence-electron chi connectivity index (χ1n) is 10.2. The first-order chi connectivity index (χ1) is 14.9. The average molecular weight is 437 g/mol. The van der Waals surface area contributed by atoms with Gasteiger partial charge in [-0.3, -0.25) is 14.0 Å². The molecule has 0 amide bonds. The predicted octanol–water partition coefficient (Wildman–Crippen LogP) is 4.20. The van der Waals surface area contributed by atoms with Gasteiger partial charge >= 0.3 is 5.97 Å². The van der Waals surface area contributed by atoms with Gasteiger partial charge in [0.25, 0.3) is 5.56 Å². The van der Waals surface area contributed by atoms with E-state index in [1.54, 1.807) is 10.6 Å². The van der Waals surface area contributed by atoms with E-state index in [1.807, 2.05) is 60.7 Å². The van der Waals surface area contributed by atoms with Crippen LogP contribution in [0, 0.1) is 0 Å². The quantitative estimate of drug-likeness (QED) is 0.333. The average Bonchev–Trinajstić information content (AvgIpc) is 3.16. The Labute approximate surface area is 184 Å². The highest BCUT2D eigenvalue weighted by molar-refractivity contribution is 7.99. The van der Waals surface area contributed by atoms with E-state index in [0.717, 1.165) is 11.3 Å². The lowest BCUT2D eigenvalue weighted by Gasteiger charge is -2.16. The van der Waals surface area contributed by atoms with E-state index in [2.05, 4.69) is 24.0 Å². The minimum absolute atomic E-state index is 0.106. The van der Waals surface area contributed by atoms with Gasteiger partial charge in [-0.05, 0) is 43.5 Å². The number of carbonyl (C=O) groups is 1. The highest BCUT2D eigenvalue weighted by atomic mass is 32.2. The molecule has 8 heteroatoms. The zero-order chi connectivity index (χ0) is 22.1. The van der Waals surface area contributed by atoms with Crippen molar-refractivity contribution in [1.82, 2.24) is 19.2 Å². The lowest BCUT2D eigenvalue weighted by atomic mass is 10.0. The van der Waals surface area contributed by atoms with Gasteiger partial charge in [0.2, 0.25) is 5.78 Å². The van der Waals surface area contributed by atoms with Gasteiger partial charge in [0, 0.05) is 0 Å². The molecule has 0 aliphatic heterocycles. The third kappa shape index (κ3) is 3.95. The van der Waals surface area contributed by atoms with Gasteiger partial charge in [-0.2, -0.15) is 0 Å². The second kappa shape index (κ2) is 8.55. The van der Waals surface area contributed by atoms with Gasteiger partial charge in [-0.25, -0.2) is 4.57 Å². The van der Waals surface area contributed by atoms with E-state index >= 15 is 0 Å². The van der Waals surface area contributed by atoms with Crippen molar-refractivity contribution < 1.29 is 9.53 Å². The number of thioether (sulfide) groups is 1. The molecule has 7 nitrogen and oxygen atoms in total. The van der Waals surface area contributed by atoms with Crippen LogP contribution >= 0.6 is 11.8 Å². The zero-order valence-corrected chi connectivity index (χ0v) is 18.7. The topological polar surface area (TPSA) is 78.5 Å². The van der Waals surface area contributed by atoms with E-state index in [1.165, 1.54) is 11.8 Å². The summed E-state index contributed by atoms with van der Waals surface area (Å²) in [7, 11) is 0. The van der Waals surface area contributed by atoms with Crippen molar-refractivity contribution in [2.75, 3.05) is 5.75 Å². The maximum absolute atomic E-state index is 13.5. The summed E-state index contributed by atoms with van der Waals surface area (Å²) in [4.78, 5) is 25.6. The molecule has 0 bridgehead atoms. The zero-order valence-electron chi connectivity index (χ0n) is 17.9. The number of fused-ring (bicyclic) bond motifs is 3. The molecule has 0 fully saturated rings. The van der Waals surface area contributed by atoms with Crippen LogP contribution in [-0.2, 0) is 9.53 Å². The largest absolute Gasteiger partial charge is 0.462 e. The Morgan fingerprint density at radius 2 is 1.74 bits per heavy atom. The number of esters is 1. The molecule has 0 saturated heterocycles. The van der Waals surface area contributed by atoms with Crippen LogP contribution in [0.15, 0.2) is 58.5 Å². The molecule has 2 aromatic carbocycles. The summed E-state index contributed by atoms with van der Waals surface area (Å²) < 4.78 is 8.68. The minimum atomic E-state index is -0.320. The predicted molar refractivity (Wildman–Crippen MR) is 122 cm³/mol. The lowest BCUT2D eigenvalue weighted by Crippen LogP contribution is -2.23. The number of ether oxygens (including phenoxy) is 1. The molecule has 4 aromatic rings. The Morgan fingerprint density at radius 1 is 1.03 bits per heavy atom. The van der Waals surface area contributed by atoms with Crippen LogP contribution in [-0.4, -0.2) is 37.0 Å². The normalized spacial score (nSPS) is 11.7.